The molecule has 1 aromatic rings. The number of hydrogen-bond acceptors (Lipinski definition) is 2. The number of likely N-dealkylation sites (tertiary alicyclic amines) is 1. The zero-order chi connectivity index (χ0) is 15.2. The van der Waals surface area contributed by atoms with Crippen molar-refractivity contribution in [2.75, 3.05) is 23.3 Å². The van der Waals surface area contributed by atoms with Crippen LogP contribution in [0.1, 0.15) is 26.7 Å². The average Bonchev–Trinajstić information content (AvgIpc) is 2.94. The van der Waals surface area contributed by atoms with Gasteiger partial charge >= 0.3 is 6.03 Å². The van der Waals surface area contributed by atoms with Crippen LogP contribution in [0.2, 0.25) is 5.02 Å². The largest absolute Gasteiger partial charge is 0.325 e. The highest BCUT2D eigenvalue weighted by Crippen LogP contribution is 2.39. The van der Waals surface area contributed by atoms with E-state index in [-0.39, 0.29) is 11.9 Å². The second-order valence-corrected chi connectivity index (χ2v) is 6.42. The monoisotopic (exact) mass is 307 g/mol. The van der Waals surface area contributed by atoms with E-state index in [1.54, 1.807) is 41.8 Å². The second-order valence-electron chi connectivity index (χ2n) is 5.99. The van der Waals surface area contributed by atoms with E-state index in [0.717, 1.165) is 25.9 Å². The Kier molecular flexibility index (Phi) is 3.32. The van der Waals surface area contributed by atoms with Gasteiger partial charge in [0.05, 0.1) is 11.4 Å². The molecule has 0 spiro atoms. The zero-order valence-corrected chi connectivity index (χ0v) is 12.9. The van der Waals surface area contributed by atoms with E-state index in [1.807, 2.05) is 0 Å². The van der Waals surface area contributed by atoms with Gasteiger partial charge in [-0.2, -0.15) is 0 Å². The molecular formula is C15H18ClN3O2. The van der Waals surface area contributed by atoms with Crippen LogP contribution in [0.4, 0.5) is 16.2 Å². The van der Waals surface area contributed by atoms with Crippen LogP contribution >= 0.6 is 11.6 Å². The number of nitrogens with zero attached hydrogens (tertiary/aromatic N) is 2. The number of rotatable bonds is 0. The van der Waals surface area contributed by atoms with Crippen molar-refractivity contribution in [3.8, 4) is 0 Å². The van der Waals surface area contributed by atoms with Crippen molar-refractivity contribution in [2.24, 2.45) is 0 Å². The quantitative estimate of drug-likeness (QED) is 0.801. The number of halogens is 1. The lowest BCUT2D eigenvalue weighted by Gasteiger charge is -2.43. The Morgan fingerprint density at radius 3 is 2.62 bits per heavy atom. The SMILES string of the molecule is CC1(C)C(=O)Nc2ccc(Cl)cc2N1C(=O)N1CCCC1. The van der Waals surface area contributed by atoms with Gasteiger partial charge in [-0.05, 0) is 44.9 Å². The standard InChI is InChI=1S/C15H18ClN3O2/c1-15(2)13(20)17-11-6-5-10(16)9-12(11)19(15)14(21)18-7-3-4-8-18/h5-6,9H,3-4,7-8H2,1-2H3,(H,17,20). The summed E-state index contributed by atoms with van der Waals surface area (Å²) >= 11 is 6.07. The summed E-state index contributed by atoms with van der Waals surface area (Å²) in [6.07, 6.45) is 2.02. The number of hydrogen-bond donors (Lipinski definition) is 1. The number of amides is 3. The first-order valence-corrected chi connectivity index (χ1v) is 7.49. The minimum atomic E-state index is -0.947. The highest BCUT2D eigenvalue weighted by atomic mass is 35.5. The van der Waals surface area contributed by atoms with Crippen LogP contribution in [0.3, 0.4) is 0 Å². The molecule has 112 valence electrons. The predicted molar refractivity (Wildman–Crippen MR) is 82.8 cm³/mol. The van der Waals surface area contributed by atoms with Crippen LogP contribution < -0.4 is 10.2 Å². The molecule has 0 unspecified atom stereocenters. The predicted octanol–water partition coefficient (Wildman–Crippen LogP) is 3.09. The minimum absolute atomic E-state index is 0.129. The summed E-state index contributed by atoms with van der Waals surface area (Å²) in [6, 6.07) is 5.04. The first kappa shape index (κ1) is 14.2. The lowest BCUT2D eigenvalue weighted by atomic mass is 9.97. The summed E-state index contributed by atoms with van der Waals surface area (Å²) in [6.45, 7) is 4.98. The summed E-state index contributed by atoms with van der Waals surface area (Å²) in [5, 5.41) is 3.38. The lowest BCUT2D eigenvalue weighted by molar-refractivity contribution is -0.120. The maximum absolute atomic E-state index is 12.9. The Morgan fingerprint density at radius 1 is 1.29 bits per heavy atom. The fourth-order valence-corrected chi connectivity index (χ4v) is 3.03. The Hall–Kier alpha value is -1.75. The average molecular weight is 308 g/mol. The number of carbonyl (C=O) groups is 2. The first-order valence-electron chi connectivity index (χ1n) is 7.11. The number of anilines is 2. The first-order chi connectivity index (χ1) is 9.91. The van der Waals surface area contributed by atoms with E-state index in [9.17, 15) is 9.59 Å². The van der Waals surface area contributed by atoms with Gasteiger partial charge in [-0.1, -0.05) is 11.6 Å². The summed E-state index contributed by atoms with van der Waals surface area (Å²) in [5.41, 5.74) is 0.331. The molecule has 2 heterocycles. The molecule has 2 aliphatic heterocycles. The molecule has 1 saturated heterocycles. The van der Waals surface area contributed by atoms with Crippen molar-refractivity contribution in [3.05, 3.63) is 23.2 Å². The molecule has 1 N–H and O–H groups in total. The van der Waals surface area contributed by atoms with Crippen LogP contribution in [0.15, 0.2) is 18.2 Å². The Balaban J connectivity index is 2.08. The third kappa shape index (κ3) is 2.25. The molecule has 0 bridgehead atoms. The fraction of sp³-hybridized carbons (Fsp3) is 0.467. The number of benzene rings is 1. The van der Waals surface area contributed by atoms with E-state index in [4.69, 9.17) is 11.6 Å². The van der Waals surface area contributed by atoms with Crippen molar-refractivity contribution in [1.29, 1.82) is 0 Å². The molecular weight excluding hydrogens is 290 g/mol. The van der Waals surface area contributed by atoms with Gasteiger partial charge < -0.3 is 10.2 Å². The van der Waals surface area contributed by atoms with E-state index >= 15 is 0 Å². The molecule has 3 rings (SSSR count). The second kappa shape index (κ2) is 4.91. The van der Waals surface area contributed by atoms with Gasteiger partial charge in [-0.25, -0.2) is 4.79 Å². The number of nitrogens with one attached hydrogen (secondary N) is 1. The highest BCUT2D eigenvalue weighted by Gasteiger charge is 2.45. The smallest absolute Gasteiger partial charge is 0.324 e. The van der Waals surface area contributed by atoms with Crippen LogP contribution in [0.25, 0.3) is 0 Å². The van der Waals surface area contributed by atoms with Gasteiger partial charge in [-0.15, -0.1) is 0 Å². The van der Waals surface area contributed by atoms with E-state index in [0.29, 0.717) is 16.4 Å². The number of urea groups is 1. The molecule has 0 aliphatic carbocycles. The normalized spacial score (nSPS) is 20.2. The van der Waals surface area contributed by atoms with Gasteiger partial charge in [-0.3, -0.25) is 9.69 Å². The summed E-state index contributed by atoms with van der Waals surface area (Å²) in [7, 11) is 0. The van der Waals surface area contributed by atoms with Crippen molar-refractivity contribution in [1.82, 2.24) is 4.90 Å². The molecule has 5 nitrogen and oxygen atoms in total. The van der Waals surface area contributed by atoms with Gasteiger partial charge in [0, 0.05) is 18.1 Å². The van der Waals surface area contributed by atoms with Gasteiger partial charge in [0.25, 0.3) is 0 Å². The van der Waals surface area contributed by atoms with Crippen LogP contribution in [0, 0.1) is 0 Å². The van der Waals surface area contributed by atoms with E-state index in [1.165, 1.54) is 0 Å². The molecule has 0 saturated carbocycles. The summed E-state index contributed by atoms with van der Waals surface area (Å²) in [5.74, 6) is -0.190. The van der Waals surface area contributed by atoms with Crippen LogP contribution in [-0.4, -0.2) is 35.5 Å². The maximum atomic E-state index is 12.9. The lowest BCUT2D eigenvalue weighted by Crippen LogP contribution is -2.61. The molecule has 3 amide bonds. The zero-order valence-electron chi connectivity index (χ0n) is 12.1. The van der Waals surface area contributed by atoms with Crippen molar-refractivity contribution < 1.29 is 9.59 Å². The Labute approximate surface area is 128 Å². The molecule has 0 atom stereocenters. The minimum Gasteiger partial charge on any atom is -0.324 e. The molecule has 1 aromatic carbocycles. The number of fused-ring (bicyclic) bond motifs is 1. The van der Waals surface area contributed by atoms with Gasteiger partial charge in [0.1, 0.15) is 5.54 Å². The number of carbonyl (C=O) groups excluding carboxylic acids is 2. The van der Waals surface area contributed by atoms with E-state index < -0.39 is 5.54 Å². The molecule has 6 heteroatoms. The van der Waals surface area contributed by atoms with Crippen molar-refractivity contribution >= 4 is 34.9 Å². The third-order valence-electron chi connectivity index (χ3n) is 4.13. The molecule has 2 aliphatic rings. The Morgan fingerprint density at radius 2 is 1.95 bits per heavy atom. The van der Waals surface area contributed by atoms with Crippen molar-refractivity contribution in [2.45, 2.75) is 32.2 Å². The van der Waals surface area contributed by atoms with Gasteiger partial charge in [0.15, 0.2) is 0 Å². The molecule has 1 fully saturated rings. The van der Waals surface area contributed by atoms with Gasteiger partial charge in [0.2, 0.25) is 5.91 Å². The van der Waals surface area contributed by atoms with Crippen molar-refractivity contribution in [3.63, 3.8) is 0 Å². The maximum Gasteiger partial charge on any atom is 0.325 e. The summed E-state index contributed by atoms with van der Waals surface area (Å²) < 4.78 is 0. The molecule has 0 radical (unpaired) electrons. The Bertz CT molecular complexity index is 609. The van der Waals surface area contributed by atoms with E-state index in [2.05, 4.69) is 5.32 Å². The third-order valence-corrected chi connectivity index (χ3v) is 4.37. The van der Waals surface area contributed by atoms with Crippen LogP contribution in [-0.2, 0) is 4.79 Å². The summed E-state index contributed by atoms with van der Waals surface area (Å²) in [4.78, 5) is 28.6. The molecule has 21 heavy (non-hydrogen) atoms. The highest BCUT2D eigenvalue weighted by molar-refractivity contribution is 6.31. The fourth-order valence-electron chi connectivity index (χ4n) is 2.87. The molecule has 0 aromatic heterocycles. The topological polar surface area (TPSA) is 52.7 Å². The van der Waals surface area contributed by atoms with Crippen LogP contribution in [0.5, 0.6) is 0 Å².